The van der Waals surface area contributed by atoms with Gasteiger partial charge in [0.15, 0.2) is 6.61 Å². The van der Waals surface area contributed by atoms with Crippen LogP contribution in [0.3, 0.4) is 0 Å². The van der Waals surface area contributed by atoms with Gasteiger partial charge in [0.25, 0.3) is 5.91 Å². The maximum absolute atomic E-state index is 12.4. The van der Waals surface area contributed by atoms with Crippen LogP contribution in [0.15, 0.2) is 71.6 Å². The summed E-state index contributed by atoms with van der Waals surface area (Å²) in [5.41, 5.74) is 0.743. The molecule has 0 aliphatic carbocycles. The van der Waals surface area contributed by atoms with Gasteiger partial charge in [-0.15, -0.1) is 11.8 Å². The van der Waals surface area contributed by atoms with Gasteiger partial charge in [0.2, 0.25) is 5.91 Å². The summed E-state index contributed by atoms with van der Waals surface area (Å²) in [4.78, 5) is 27.0. The third-order valence-corrected chi connectivity index (χ3v) is 5.08. The first-order valence-electron chi connectivity index (χ1n) is 8.86. The lowest BCUT2D eigenvalue weighted by molar-refractivity contribution is -0.135. The zero-order chi connectivity index (χ0) is 19.9. The second-order valence-electron chi connectivity index (χ2n) is 6.26. The van der Waals surface area contributed by atoms with E-state index in [1.807, 2.05) is 73.0 Å². The number of thioether (sulfide) groups is 1. The number of ether oxygens (including phenoxy) is 1. The quantitative estimate of drug-likeness (QED) is 0.615. The first-order chi connectivity index (χ1) is 13.6. The second kappa shape index (κ2) is 9.28. The van der Waals surface area contributed by atoms with Gasteiger partial charge in [-0.3, -0.25) is 9.59 Å². The highest BCUT2D eigenvalue weighted by Gasteiger charge is 2.15. The number of benzene rings is 3. The van der Waals surface area contributed by atoms with Gasteiger partial charge in [0.1, 0.15) is 5.75 Å². The molecule has 0 atom stereocenters. The van der Waals surface area contributed by atoms with Gasteiger partial charge in [-0.1, -0.05) is 48.5 Å². The fraction of sp³-hybridized carbons (Fsp3) is 0.182. The van der Waals surface area contributed by atoms with Crippen LogP contribution in [0, 0.1) is 0 Å². The average molecular weight is 394 g/mol. The smallest absolute Gasteiger partial charge is 0.260 e. The summed E-state index contributed by atoms with van der Waals surface area (Å²) in [6.45, 7) is -0.167. The molecule has 28 heavy (non-hydrogen) atoms. The molecular formula is C22H22N2O3S. The largest absolute Gasteiger partial charge is 0.483 e. The Morgan fingerprint density at radius 3 is 2.54 bits per heavy atom. The minimum Gasteiger partial charge on any atom is -0.483 e. The molecule has 1 N–H and O–H groups in total. The summed E-state index contributed by atoms with van der Waals surface area (Å²) in [5.74, 6) is 0.141. The van der Waals surface area contributed by atoms with Crippen LogP contribution in [0.25, 0.3) is 10.8 Å². The number of carbonyl (C=O) groups excluding carboxylic acids is 2. The van der Waals surface area contributed by atoms with Crippen LogP contribution in [-0.4, -0.2) is 43.2 Å². The standard InChI is InChI=1S/C22H22N2O3S/c1-24(14-21(25)23-18-11-5-6-13-20(18)28-2)22(26)15-27-19-12-7-9-16-8-3-4-10-17(16)19/h3-13H,14-15H2,1-2H3,(H,23,25). The van der Waals surface area contributed by atoms with Crippen LogP contribution in [0.2, 0.25) is 0 Å². The molecule has 0 saturated carbocycles. The monoisotopic (exact) mass is 394 g/mol. The molecule has 2 amide bonds. The Morgan fingerprint density at radius 1 is 1.00 bits per heavy atom. The Morgan fingerprint density at radius 2 is 1.71 bits per heavy atom. The average Bonchev–Trinajstić information content (AvgIpc) is 2.72. The number of nitrogens with zero attached hydrogens (tertiary/aromatic N) is 1. The predicted molar refractivity (Wildman–Crippen MR) is 114 cm³/mol. The van der Waals surface area contributed by atoms with Crippen LogP contribution in [0.5, 0.6) is 5.75 Å². The van der Waals surface area contributed by atoms with Crippen molar-refractivity contribution in [3.8, 4) is 5.75 Å². The van der Waals surface area contributed by atoms with E-state index in [1.165, 1.54) is 4.90 Å². The molecule has 0 heterocycles. The predicted octanol–water partition coefficient (Wildman–Crippen LogP) is 4.04. The highest BCUT2D eigenvalue weighted by molar-refractivity contribution is 7.98. The fourth-order valence-electron chi connectivity index (χ4n) is 2.81. The van der Waals surface area contributed by atoms with Gasteiger partial charge in [0, 0.05) is 17.3 Å². The Balaban J connectivity index is 1.56. The number of hydrogen-bond donors (Lipinski definition) is 1. The highest BCUT2D eigenvalue weighted by atomic mass is 32.2. The summed E-state index contributed by atoms with van der Waals surface area (Å²) in [6, 6.07) is 21.1. The summed E-state index contributed by atoms with van der Waals surface area (Å²) in [7, 11) is 1.59. The first kappa shape index (κ1) is 19.8. The summed E-state index contributed by atoms with van der Waals surface area (Å²) < 4.78 is 5.71. The normalized spacial score (nSPS) is 10.5. The number of likely N-dealkylation sites (N-methyl/N-ethyl adjacent to an activating group) is 1. The molecule has 0 unspecified atom stereocenters. The van der Waals surface area contributed by atoms with Crippen molar-refractivity contribution in [3.05, 3.63) is 66.7 Å². The topological polar surface area (TPSA) is 58.6 Å². The van der Waals surface area contributed by atoms with E-state index in [0.29, 0.717) is 5.75 Å². The van der Waals surface area contributed by atoms with Crippen molar-refractivity contribution in [1.29, 1.82) is 0 Å². The maximum Gasteiger partial charge on any atom is 0.260 e. The number of fused-ring (bicyclic) bond motifs is 1. The molecule has 0 aliphatic rings. The number of amides is 2. The van der Waals surface area contributed by atoms with E-state index in [9.17, 15) is 9.59 Å². The van der Waals surface area contributed by atoms with E-state index in [0.717, 1.165) is 21.4 Å². The summed E-state index contributed by atoms with van der Waals surface area (Å²) in [6.07, 6.45) is 1.95. The van der Waals surface area contributed by atoms with Crippen LogP contribution in [0.1, 0.15) is 0 Å². The Bertz CT molecular complexity index is 985. The van der Waals surface area contributed by atoms with E-state index in [1.54, 1.807) is 18.8 Å². The van der Waals surface area contributed by atoms with Crippen LogP contribution in [0.4, 0.5) is 5.69 Å². The maximum atomic E-state index is 12.4. The van der Waals surface area contributed by atoms with Crippen LogP contribution < -0.4 is 10.1 Å². The molecule has 0 aliphatic heterocycles. The molecule has 3 aromatic carbocycles. The molecule has 0 radical (unpaired) electrons. The number of carbonyl (C=O) groups is 2. The molecule has 0 saturated heterocycles. The fourth-order valence-corrected chi connectivity index (χ4v) is 3.37. The molecule has 0 bridgehead atoms. The van der Waals surface area contributed by atoms with E-state index in [4.69, 9.17) is 4.74 Å². The van der Waals surface area contributed by atoms with Gasteiger partial charge in [-0.2, -0.15) is 0 Å². The van der Waals surface area contributed by atoms with Crippen LogP contribution in [-0.2, 0) is 9.59 Å². The van der Waals surface area contributed by atoms with Crippen molar-refractivity contribution in [2.45, 2.75) is 4.90 Å². The van der Waals surface area contributed by atoms with E-state index in [-0.39, 0.29) is 25.0 Å². The second-order valence-corrected chi connectivity index (χ2v) is 7.11. The highest BCUT2D eigenvalue weighted by Crippen LogP contribution is 2.25. The lowest BCUT2D eigenvalue weighted by Crippen LogP contribution is -2.37. The minimum absolute atomic E-state index is 0.0412. The minimum atomic E-state index is -0.263. The van der Waals surface area contributed by atoms with Crippen molar-refractivity contribution >= 4 is 40.0 Å². The molecule has 0 aromatic heterocycles. The zero-order valence-electron chi connectivity index (χ0n) is 15.8. The molecule has 3 rings (SSSR count). The first-order valence-corrected chi connectivity index (χ1v) is 10.1. The van der Waals surface area contributed by atoms with Crippen molar-refractivity contribution < 1.29 is 14.3 Å². The third kappa shape index (κ3) is 4.84. The van der Waals surface area contributed by atoms with E-state index >= 15 is 0 Å². The Kier molecular flexibility index (Phi) is 6.55. The number of hydrogen-bond acceptors (Lipinski definition) is 4. The van der Waals surface area contributed by atoms with Gasteiger partial charge < -0.3 is 15.0 Å². The Labute approximate surface area is 168 Å². The molecular weight excluding hydrogens is 372 g/mol. The molecule has 144 valence electrons. The van der Waals surface area contributed by atoms with Crippen molar-refractivity contribution in [3.63, 3.8) is 0 Å². The number of anilines is 1. The lowest BCUT2D eigenvalue weighted by atomic mass is 10.1. The van der Waals surface area contributed by atoms with Crippen molar-refractivity contribution in [2.24, 2.45) is 0 Å². The Hall–Kier alpha value is -2.99. The van der Waals surface area contributed by atoms with Gasteiger partial charge in [-0.05, 0) is 29.8 Å². The van der Waals surface area contributed by atoms with Gasteiger partial charge in [0.05, 0.1) is 12.2 Å². The SMILES string of the molecule is CSc1ccccc1NC(=O)CN(C)C(=O)COc1cccc2ccccc12. The van der Waals surface area contributed by atoms with Gasteiger partial charge >= 0.3 is 0 Å². The van der Waals surface area contributed by atoms with E-state index < -0.39 is 0 Å². The van der Waals surface area contributed by atoms with Crippen molar-refractivity contribution in [1.82, 2.24) is 4.90 Å². The summed E-state index contributed by atoms with van der Waals surface area (Å²) >= 11 is 1.55. The molecule has 5 nitrogen and oxygen atoms in total. The van der Waals surface area contributed by atoms with E-state index in [2.05, 4.69) is 5.32 Å². The zero-order valence-corrected chi connectivity index (χ0v) is 16.7. The molecule has 6 heteroatoms. The number of para-hydroxylation sites is 1. The third-order valence-electron chi connectivity index (χ3n) is 4.29. The molecule has 0 fully saturated rings. The summed E-state index contributed by atoms with van der Waals surface area (Å²) in [5, 5.41) is 4.85. The van der Waals surface area contributed by atoms with Crippen LogP contribution >= 0.6 is 11.8 Å². The van der Waals surface area contributed by atoms with Crippen molar-refractivity contribution in [2.75, 3.05) is 31.8 Å². The lowest BCUT2D eigenvalue weighted by Gasteiger charge is -2.18. The molecule has 3 aromatic rings. The number of nitrogens with one attached hydrogen (secondary N) is 1. The van der Waals surface area contributed by atoms with Gasteiger partial charge in [-0.25, -0.2) is 0 Å². The number of rotatable bonds is 7. The molecule has 0 spiro atoms.